The van der Waals surface area contributed by atoms with Gasteiger partial charge in [0.1, 0.15) is 17.2 Å². The Morgan fingerprint density at radius 3 is 2.61 bits per heavy atom. The number of hydrogen-bond donors (Lipinski definition) is 1. The molecule has 8 heteroatoms. The van der Waals surface area contributed by atoms with Crippen LogP contribution in [0.4, 0.5) is 4.39 Å². The number of hydrogen-bond acceptors (Lipinski definition) is 6. The minimum absolute atomic E-state index is 0.0478. The maximum atomic E-state index is 13.3. The highest BCUT2D eigenvalue weighted by atomic mass is 19.1. The fraction of sp³-hybridized carbons (Fsp3) is 0.130. The van der Waals surface area contributed by atoms with Gasteiger partial charge in [0.15, 0.2) is 5.56 Å². The predicted octanol–water partition coefficient (Wildman–Crippen LogP) is 3.53. The Morgan fingerprint density at radius 2 is 1.94 bits per heavy atom. The summed E-state index contributed by atoms with van der Waals surface area (Å²) in [5.74, 6) is -1.80. The van der Waals surface area contributed by atoms with E-state index in [1.165, 1.54) is 22.9 Å². The van der Waals surface area contributed by atoms with Crippen LogP contribution in [0.2, 0.25) is 0 Å². The fourth-order valence-electron chi connectivity index (χ4n) is 3.32. The van der Waals surface area contributed by atoms with E-state index in [1.807, 2.05) is 0 Å². The van der Waals surface area contributed by atoms with E-state index >= 15 is 0 Å². The van der Waals surface area contributed by atoms with Gasteiger partial charge in [-0.1, -0.05) is 18.2 Å². The first-order valence-electron chi connectivity index (χ1n) is 9.57. The average Bonchev–Trinajstić information content (AvgIpc) is 2.78. The Morgan fingerprint density at radius 1 is 1.16 bits per heavy atom. The smallest absolute Gasteiger partial charge is 0.347 e. The molecule has 0 saturated carbocycles. The molecule has 1 N–H and O–H groups in total. The van der Waals surface area contributed by atoms with Crippen LogP contribution in [0, 0.1) is 5.82 Å². The van der Waals surface area contributed by atoms with Crippen LogP contribution >= 0.6 is 0 Å². The lowest BCUT2D eigenvalue weighted by molar-refractivity contribution is 0.0520. The number of benzene rings is 1. The predicted molar refractivity (Wildman–Crippen MR) is 112 cm³/mol. The molecule has 3 aromatic heterocycles. The molecule has 0 atom stereocenters. The van der Waals surface area contributed by atoms with Gasteiger partial charge in [0.2, 0.25) is 0 Å². The topological polar surface area (TPSA) is 94.3 Å². The van der Waals surface area contributed by atoms with Crippen molar-refractivity contribution in [2.75, 3.05) is 6.61 Å². The van der Waals surface area contributed by atoms with E-state index in [4.69, 9.17) is 4.74 Å². The van der Waals surface area contributed by atoms with E-state index in [0.717, 1.165) is 5.56 Å². The molecule has 0 radical (unpaired) electrons. The van der Waals surface area contributed by atoms with Crippen molar-refractivity contribution in [3.63, 3.8) is 0 Å². The molecule has 0 saturated heterocycles. The lowest BCUT2D eigenvalue weighted by Crippen LogP contribution is -2.29. The molecule has 31 heavy (non-hydrogen) atoms. The summed E-state index contributed by atoms with van der Waals surface area (Å²) in [4.78, 5) is 34.0. The summed E-state index contributed by atoms with van der Waals surface area (Å²) in [5.41, 5.74) is 0.994. The number of nitrogens with zero attached hydrogens (tertiary/aromatic N) is 3. The van der Waals surface area contributed by atoms with Crippen LogP contribution < -0.4 is 5.56 Å². The van der Waals surface area contributed by atoms with Crippen molar-refractivity contribution in [3.05, 3.63) is 88.4 Å². The molecule has 0 spiro atoms. The summed E-state index contributed by atoms with van der Waals surface area (Å²) >= 11 is 0. The molecule has 1 aromatic carbocycles. The molecule has 3 heterocycles. The van der Waals surface area contributed by atoms with Crippen molar-refractivity contribution in [2.45, 2.75) is 13.5 Å². The van der Waals surface area contributed by atoms with Crippen LogP contribution in [0.1, 0.15) is 22.8 Å². The van der Waals surface area contributed by atoms with E-state index in [9.17, 15) is 19.1 Å². The third kappa shape index (κ3) is 3.87. The van der Waals surface area contributed by atoms with Crippen LogP contribution in [0.25, 0.3) is 22.2 Å². The molecule has 0 bridgehead atoms. The normalized spacial score (nSPS) is 10.9. The Balaban J connectivity index is 1.97. The summed E-state index contributed by atoms with van der Waals surface area (Å²) in [6.07, 6.45) is 4.73. The van der Waals surface area contributed by atoms with Crippen molar-refractivity contribution in [1.29, 1.82) is 0 Å². The van der Waals surface area contributed by atoms with Crippen LogP contribution in [-0.4, -0.2) is 32.2 Å². The van der Waals surface area contributed by atoms with Crippen LogP contribution in [0.3, 0.4) is 0 Å². The van der Waals surface area contributed by atoms with Crippen molar-refractivity contribution < 1.29 is 19.0 Å². The van der Waals surface area contributed by atoms with Gasteiger partial charge in [-0.3, -0.25) is 14.3 Å². The van der Waals surface area contributed by atoms with Gasteiger partial charge < -0.3 is 9.84 Å². The zero-order valence-corrected chi connectivity index (χ0v) is 16.6. The minimum atomic E-state index is -0.918. The van der Waals surface area contributed by atoms with Gasteiger partial charge in [-0.2, -0.15) is 0 Å². The molecule has 4 rings (SSSR count). The summed E-state index contributed by atoms with van der Waals surface area (Å²) in [7, 11) is 0. The van der Waals surface area contributed by atoms with Gasteiger partial charge in [0, 0.05) is 24.2 Å². The Hall–Kier alpha value is -4.07. The summed E-state index contributed by atoms with van der Waals surface area (Å²) in [6, 6.07) is 10.9. The molecule has 0 amide bonds. The molecular weight excluding hydrogens is 401 g/mol. The Bertz CT molecular complexity index is 1320. The number of carbonyl (C=O) groups is 1. The molecule has 0 fully saturated rings. The second-order valence-electron chi connectivity index (χ2n) is 6.80. The molecule has 4 aromatic rings. The number of rotatable bonds is 5. The van der Waals surface area contributed by atoms with Gasteiger partial charge in [-0.05, 0) is 42.3 Å². The largest absolute Gasteiger partial charge is 0.506 e. The highest BCUT2D eigenvalue weighted by molar-refractivity contribution is 5.99. The second-order valence-corrected chi connectivity index (χ2v) is 6.80. The molecule has 0 aliphatic carbocycles. The molecule has 7 nitrogen and oxygen atoms in total. The number of ether oxygens (including phenoxy) is 1. The van der Waals surface area contributed by atoms with E-state index in [-0.39, 0.29) is 30.0 Å². The van der Waals surface area contributed by atoms with E-state index in [1.54, 1.807) is 49.6 Å². The number of aromatic hydroxyl groups is 1. The maximum absolute atomic E-state index is 13.3. The fourth-order valence-corrected chi connectivity index (χ4v) is 3.32. The Kier molecular flexibility index (Phi) is 5.44. The quantitative estimate of drug-likeness (QED) is 0.498. The number of esters is 1. The number of aromatic nitrogens is 3. The van der Waals surface area contributed by atoms with Gasteiger partial charge in [0.05, 0.1) is 18.5 Å². The van der Waals surface area contributed by atoms with E-state index in [2.05, 4.69) is 9.97 Å². The molecular formula is C23H18FN3O4. The molecule has 156 valence electrons. The first-order valence-corrected chi connectivity index (χ1v) is 9.57. The number of halogens is 1. The summed E-state index contributed by atoms with van der Waals surface area (Å²) < 4.78 is 19.6. The number of fused-ring (bicyclic) bond motifs is 1. The highest BCUT2D eigenvalue weighted by Gasteiger charge is 2.24. The van der Waals surface area contributed by atoms with Crippen LogP contribution in [-0.2, 0) is 11.3 Å². The first kappa shape index (κ1) is 20.2. The first-order chi connectivity index (χ1) is 15.0. The van der Waals surface area contributed by atoms with E-state index < -0.39 is 22.8 Å². The third-order valence-corrected chi connectivity index (χ3v) is 4.79. The van der Waals surface area contributed by atoms with Crippen molar-refractivity contribution in [1.82, 2.24) is 14.5 Å². The second kappa shape index (κ2) is 8.35. The van der Waals surface area contributed by atoms with Gasteiger partial charge in [-0.15, -0.1) is 0 Å². The summed E-state index contributed by atoms with van der Waals surface area (Å²) in [5, 5.41) is 11.0. The summed E-state index contributed by atoms with van der Waals surface area (Å²) in [6.45, 7) is 1.75. The monoisotopic (exact) mass is 419 g/mol. The van der Waals surface area contributed by atoms with Crippen LogP contribution in [0.15, 0.2) is 65.8 Å². The number of carbonyl (C=O) groups excluding carboxylic acids is 1. The van der Waals surface area contributed by atoms with Gasteiger partial charge >= 0.3 is 5.97 Å². The minimum Gasteiger partial charge on any atom is -0.506 e. The van der Waals surface area contributed by atoms with Crippen LogP contribution in [0.5, 0.6) is 5.75 Å². The van der Waals surface area contributed by atoms with Gasteiger partial charge in [0.25, 0.3) is 5.56 Å². The van der Waals surface area contributed by atoms with Crippen molar-refractivity contribution in [2.24, 2.45) is 0 Å². The highest BCUT2D eigenvalue weighted by Crippen LogP contribution is 2.30. The molecule has 0 aliphatic rings. The van der Waals surface area contributed by atoms with Gasteiger partial charge in [-0.25, -0.2) is 14.2 Å². The molecule has 0 unspecified atom stereocenters. The third-order valence-electron chi connectivity index (χ3n) is 4.79. The molecule has 0 aliphatic heterocycles. The lowest BCUT2D eigenvalue weighted by atomic mass is 10.0. The SMILES string of the molecule is CCOC(=O)c1c(O)c2cc(-c3ccc(F)cc3)cnc2n(Cc2cccnc2)c1=O. The van der Waals surface area contributed by atoms with E-state index in [0.29, 0.717) is 11.1 Å². The zero-order valence-electron chi connectivity index (χ0n) is 16.6. The average molecular weight is 419 g/mol. The maximum Gasteiger partial charge on any atom is 0.347 e. The zero-order chi connectivity index (χ0) is 22.0. The Labute approximate surface area is 176 Å². The number of pyridine rings is 3. The van der Waals surface area contributed by atoms with Crippen molar-refractivity contribution in [3.8, 4) is 16.9 Å². The lowest BCUT2D eigenvalue weighted by Gasteiger charge is -2.15. The standard InChI is InChI=1S/C23H18FN3O4/c1-2-31-23(30)19-20(28)18-10-16(15-5-7-17(24)8-6-15)12-26-21(18)27(22(19)29)13-14-4-3-9-25-11-14/h3-12,28H,2,13H2,1H3. The van der Waals surface area contributed by atoms with Crippen molar-refractivity contribution >= 4 is 17.0 Å².